The lowest BCUT2D eigenvalue weighted by atomic mass is 10.3. The van der Waals surface area contributed by atoms with E-state index in [1.54, 1.807) is 23.1 Å². The molecule has 1 aliphatic rings. The largest absolute Gasteiger partial charge is 0.478 e. The molecule has 18 heavy (non-hydrogen) atoms. The zero-order valence-electron chi connectivity index (χ0n) is 9.22. The highest BCUT2D eigenvalue weighted by Gasteiger charge is 2.23. The van der Waals surface area contributed by atoms with E-state index in [1.807, 2.05) is 0 Å². The number of aliphatic carboxylic acids is 1. The van der Waals surface area contributed by atoms with Crippen LogP contribution in [-0.2, 0) is 14.8 Å². The van der Waals surface area contributed by atoms with E-state index in [0.717, 1.165) is 6.08 Å². The van der Waals surface area contributed by atoms with E-state index in [9.17, 15) is 13.2 Å². The van der Waals surface area contributed by atoms with Gasteiger partial charge in [0.25, 0.3) is 10.0 Å². The van der Waals surface area contributed by atoms with Crippen molar-refractivity contribution in [1.82, 2.24) is 0 Å². The SMILES string of the molecule is O=C(O)/C=C/CN1C=NS(=O)(=O)c2ccccc21. The Balaban J connectivity index is 2.33. The van der Waals surface area contributed by atoms with Crippen LogP contribution in [0.3, 0.4) is 0 Å². The second-order valence-corrected chi connectivity index (χ2v) is 5.16. The molecule has 2 rings (SSSR count). The average molecular weight is 266 g/mol. The molecule has 1 aromatic rings. The van der Waals surface area contributed by atoms with Crippen LogP contribution in [-0.4, -0.2) is 32.4 Å². The second-order valence-electron chi connectivity index (χ2n) is 3.56. The van der Waals surface area contributed by atoms with Gasteiger partial charge in [-0.25, -0.2) is 4.79 Å². The van der Waals surface area contributed by atoms with Crippen molar-refractivity contribution in [3.8, 4) is 0 Å². The van der Waals surface area contributed by atoms with Crippen molar-refractivity contribution in [3.05, 3.63) is 36.4 Å². The van der Waals surface area contributed by atoms with Gasteiger partial charge in [0.05, 0.1) is 5.69 Å². The minimum atomic E-state index is -3.63. The fourth-order valence-corrected chi connectivity index (χ4v) is 2.61. The number of fused-ring (bicyclic) bond motifs is 1. The van der Waals surface area contributed by atoms with Crippen LogP contribution in [0.4, 0.5) is 5.69 Å². The van der Waals surface area contributed by atoms with Gasteiger partial charge in [0, 0.05) is 12.6 Å². The van der Waals surface area contributed by atoms with Gasteiger partial charge >= 0.3 is 5.97 Å². The summed E-state index contributed by atoms with van der Waals surface area (Å²) in [7, 11) is -3.63. The molecule has 0 bridgehead atoms. The van der Waals surface area contributed by atoms with Gasteiger partial charge < -0.3 is 10.0 Å². The predicted octanol–water partition coefficient (Wildman–Crippen LogP) is 0.864. The highest BCUT2D eigenvalue weighted by atomic mass is 32.2. The number of benzene rings is 1. The zero-order chi connectivity index (χ0) is 13.2. The van der Waals surface area contributed by atoms with Crippen molar-refractivity contribution in [1.29, 1.82) is 0 Å². The van der Waals surface area contributed by atoms with E-state index in [4.69, 9.17) is 5.11 Å². The fourth-order valence-electron chi connectivity index (χ4n) is 1.56. The smallest absolute Gasteiger partial charge is 0.328 e. The van der Waals surface area contributed by atoms with Gasteiger partial charge in [-0.3, -0.25) is 0 Å². The van der Waals surface area contributed by atoms with Crippen molar-refractivity contribution in [2.24, 2.45) is 4.40 Å². The molecule has 0 aliphatic carbocycles. The summed E-state index contributed by atoms with van der Waals surface area (Å²) in [6, 6.07) is 6.44. The molecule has 0 fully saturated rings. The second kappa shape index (κ2) is 4.61. The molecule has 6 nitrogen and oxygen atoms in total. The quantitative estimate of drug-likeness (QED) is 0.820. The van der Waals surface area contributed by atoms with Gasteiger partial charge in [0.1, 0.15) is 11.2 Å². The zero-order valence-corrected chi connectivity index (χ0v) is 10.0. The number of hydrogen-bond donors (Lipinski definition) is 1. The minimum absolute atomic E-state index is 0.122. The molecule has 1 heterocycles. The minimum Gasteiger partial charge on any atom is -0.478 e. The summed E-state index contributed by atoms with van der Waals surface area (Å²) in [6.45, 7) is 0.238. The molecule has 7 heteroatoms. The van der Waals surface area contributed by atoms with Crippen LogP contribution in [0.25, 0.3) is 0 Å². The standard InChI is InChI=1S/C11H10N2O4S/c14-11(15)6-3-7-13-8-12-18(16,17)10-5-2-1-4-9(10)13/h1-6,8H,7H2,(H,14,15)/b6-3+. The number of rotatable bonds is 3. The molecule has 0 aromatic heterocycles. The van der Waals surface area contributed by atoms with Crippen LogP contribution in [0.5, 0.6) is 0 Å². The maximum atomic E-state index is 11.7. The third-order valence-corrected chi connectivity index (χ3v) is 3.61. The first kappa shape index (κ1) is 12.3. The van der Waals surface area contributed by atoms with Crippen molar-refractivity contribution in [2.75, 3.05) is 11.4 Å². The third-order valence-electron chi connectivity index (χ3n) is 2.34. The first-order valence-corrected chi connectivity index (χ1v) is 6.50. The van der Waals surface area contributed by atoms with Gasteiger partial charge in [0.2, 0.25) is 0 Å². The summed E-state index contributed by atoms with van der Waals surface area (Å²) in [4.78, 5) is 12.0. The molecular formula is C11H10N2O4S. The van der Waals surface area contributed by atoms with Crippen LogP contribution in [0.1, 0.15) is 0 Å². The van der Waals surface area contributed by atoms with E-state index < -0.39 is 16.0 Å². The highest BCUT2D eigenvalue weighted by Crippen LogP contribution is 2.28. The highest BCUT2D eigenvalue weighted by molar-refractivity contribution is 7.90. The molecule has 0 saturated carbocycles. The number of anilines is 1. The Bertz CT molecular complexity index is 634. The van der Waals surface area contributed by atoms with E-state index in [-0.39, 0.29) is 11.4 Å². The lowest BCUT2D eigenvalue weighted by Crippen LogP contribution is -2.27. The maximum absolute atomic E-state index is 11.7. The molecule has 0 amide bonds. The molecule has 0 unspecified atom stereocenters. The number of carbonyl (C=O) groups is 1. The van der Waals surface area contributed by atoms with Gasteiger partial charge in [-0.15, -0.1) is 4.40 Å². The van der Waals surface area contributed by atoms with Crippen LogP contribution in [0, 0.1) is 0 Å². The lowest BCUT2D eigenvalue weighted by molar-refractivity contribution is -0.131. The molecule has 1 aliphatic heterocycles. The molecule has 0 atom stereocenters. The van der Waals surface area contributed by atoms with Crippen LogP contribution in [0.2, 0.25) is 0 Å². The van der Waals surface area contributed by atoms with Crippen molar-refractivity contribution >= 4 is 28.0 Å². The molecule has 0 radical (unpaired) electrons. The van der Waals surface area contributed by atoms with E-state index >= 15 is 0 Å². The lowest BCUT2D eigenvalue weighted by Gasteiger charge is -2.23. The Morgan fingerprint density at radius 1 is 1.39 bits per heavy atom. The monoisotopic (exact) mass is 266 g/mol. The van der Waals surface area contributed by atoms with Crippen LogP contribution < -0.4 is 4.90 Å². The summed E-state index contributed by atoms with van der Waals surface area (Å²) in [6.07, 6.45) is 3.60. The van der Waals surface area contributed by atoms with Crippen molar-refractivity contribution in [2.45, 2.75) is 4.90 Å². The molecule has 1 N–H and O–H groups in total. The third kappa shape index (κ3) is 2.40. The maximum Gasteiger partial charge on any atom is 0.328 e. The number of hydrogen-bond acceptors (Lipinski definition) is 4. The fraction of sp³-hybridized carbons (Fsp3) is 0.0909. The molecule has 1 aromatic carbocycles. The number of nitrogens with zero attached hydrogens (tertiary/aromatic N) is 2. The number of para-hydroxylation sites is 1. The molecular weight excluding hydrogens is 256 g/mol. The Kier molecular flexibility index (Phi) is 3.15. The normalized spacial score (nSPS) is 16.8. The van der Waals surface area contributed by atoms with Gasteiger partial charge in [-0.2, -0.15) is 8.42 Å². The Hall–Kier alpha value is -2.15. The van der Waals surface area contributed by atoms with Crippen LogP contribution >= 0.6 is 0 Å². The summed E-state index contributed by atoms with van der Waals surface area (Å²) < 4.78 is 26.8. The van der Waals surface area contributed by atoms with E-state index in [1.165, 1.54) is 18.5 Å². The molecule has 0 saturated heterocycles. The number of carboxylic acid groups (broad SMARTS) is 1. The number of sulfonamides is 1. The van der Waals surface area contributed by atoms with Crippen LogP contribution in [0.15, 0.2) is 45.7 Å². The van der Waals surface area contributed by atoms with E-state index in [0.29, 0.717) is 5.69 Å². The topological polar surface area (TPSA) is 87.0 Å². The van der Waals surface area contributed by atoms with Gasteiger partial charge in [-0.1, -0.05) is 18.2 Å². The molecule has 0 spiro atoms. The Labute approximate surface area is 104 Å². The van der Waals surface area contributed by atoms with Crippen molar-refractivity contribution in [3.63, 3.8) is 0 Å². The first-order valence-electron chi connectivity index (χ1n) is 5.06. The molecule has 94 valence electrons. The number of carboxylic acids is 1. The summed E-state index contributed by atoms with van der Waals surface area (Å²) in [5, 5.41) is 8.49. The van der Waals surface area contributed by atoms with Crippen molar-refractivity contribution < 1.29 is 18.3 Å². The average Bonchev–Trinajstić information content (AvgIpc) is 2.32. The van der Waals surface area contributed by atoms with E-state index in [2.05, 4.69) is 4.40 Å². The summed E-state index contributed by atoms with van der Waals surface area (Å²) in [5.41, 5.74) is 0.488. The summed E-state index contributed by atoms with van der Waals surface area (Å²) >= 11 is 0. The van der Waals surface area contributed by atoms with Gasteiger partial charge in [0.15, 0.2) is 0 Å². The Morgan fingerprint density at radius 3 is 2.83 bits per heavy atom. The Morgan fingerprint density at radius 2 is 2.11 bits per heavy atom. The predicted molar refractivity (Wildman–Crippen MR) is 66.2 cm³/mol. The van der Waals surface area contributed by atoms with Gasteiger partial charge in [-0.05, 0) is 12.1 Å². The summed E-state index contributed by atoms with van der Waals surface area (Å²) in [5.74, 6) is -1.05. The first-order chi connectivity index (χ1) is 8.50.